The number of halogens is 1. The standard InChI is InChI=1S/C16H29N5S.HI/c1-5-17-16(19-11-15-7-6-13(2)22-15)18-10-14-12-20(3)8-9-21(14)4;/h6-7,14H,5,8-12H2,1-4H3,(H2,17,18,19);1H. The van der Waals surface area contributed by atoms with E-state index in [1.165, 1.54) is 9.75 Å². The Morgan fingerprint density at radius 3 is 2.74 bits per heavy atom. The topological polar surface area (TPSA) is 42.9 Å². The van der Waals surface area contributed by atoms with Crippen LogP contribution in [0.2, 0.25) is 0 Å². The van der Waals surface area contributed by atoms with Crippen LogP contribution in [0.3, 0.4) is 0 Å². The fraction of sp³-hybridized carbons (Fsp3) is 0.688. The Balaban J connectivity index is 0.00000264. The maximum Gasteiger partial charge on any atom is 0.191 e. The van der Waals surface area contributed by atoms with Gasteiger partial charge in [0.05, 0.1) is 6.54 Å². The van der Waals surface area contributed by atoms with Crippen LogP contribution in [0.4, 0.5) is 0 Å². The molecule has 1 aliphatic heterocycles. The van der Waals surface area contributed by atoms with Crippen molar-refractivity contribution >= 4 is 41.3 Å². The second-order valence-electron chi connectivity index (χ2n) is 5.99. The third-order valence-electron chi connectivity index (χ3n) is 4.02. The summed E-state index contributed by atoms with van der Waals surface area (Å²) in [6.07, 6.45) is 0. The van der Waals surface area contributed by atoms with Crippen molar-refractivity contribution in [3.63, 3.8) is 0 Å². The summed E-state index contributed by atoms with van der Waals surface area (Å²) in [7, 11) is 4.40. The summed E-state index contributed by atoms with van der Waals surface area (Å²) in [5.41, 5.74) is 0. The van der Waals surface area contributed by atoms with Crippen LogP contribution in [0.15, 0.2) is 17.1 Å². The maximum absolute atomic E-state index is 4.70. The van der Waals surface area contributed by atoms with Crippen LogP contribution in [0.5, 0.6) is 0 Å². The molecule has 2 N–H and O–H groups in total. The van der Waals surface area contributed by atoms with Crippen molar-refractivity contribution in [1.82, 2.24) is 20.4 Å². The van der Waals surface area contributed by atoms with Crippen LogP contribution >= 0.6 is 35.3 Å². The molecular formula is C16H30IN5S. The van der Waals surface area contributed by atoms with E-state index in [0.29, 0.717) is 6.04 Å². The van der Waals surface area contributed by atoms with E-state index in [-0.39, 0.29) is 24.0 Å². The minimum absolute atomic E-state index is 0. The predicted molar refractivity (Wildman–Crippen MR) is 111 cm³/mol. The van der Waals surface area contributed by atoms with Gasteiger partial charge in [-0.15, -0.1) is 35.3 Å². The molecule has 1 aliphatic rings. The molecule has 1 saturated heterocycles. The van der Waals surface area contributed by atoms with Gasteiger partial charge >= 0.3 is 0 Å². The number of likely N-dealkylation sites (N-methyl/N-ethyl adjacent to an activating group) is 2. The number of rotatable bonds is 5. The van der Waals surface area contributed by atoms with Gasteiger partial charge in [-0.1, -0.05) is 0 Å². The van der Waals surface area contributed by atoms with Gasteiger partial charge in [0.25, 0.3) is 0 Å². The molecule has 2 heterocycles. The van der Waals surface area contributed by atoms with Crippen molar-refractivity contribution in [1.29, 1.82) is 0 Å². The van der Waals surface area contributed by atoms with Crippen LogP contribution < -0.4 is 10.6 Å². The van der Waals surface area contributed by atoms with E-state index in [1.54, 1.807) is 0 Å². The zero-order valence-electron chi connectivity index (χ0n) is 14.6. The number of piperazine rings is 1. The van der Waals surface area contributed by atoms with E-state index in [2.05, 4.69) is 60.5 Å². The summed E-state index contributed by atoms with van der Waals surface area (Å²) in [5.74, 6) is 0.912. The van der Waals surface area contributed by atoms with Crippen molar-refractivity contribution in [3.05, 3.63) is 21.9 Å². The van der Waals surface area contributed by atoms with E-state index >= 15 is 0 Å². The summed E-state index contributed by atoms with van der Waals surface area (Å²) < 4.78 is 0. The molecule has 0 bridgehead atoms. The molecule has 132 valence electrons. The first-order valence-corrected chi connectivity index (χ1v) is 8.86. The van der Waals surface area contributed by atoms with Crippen LogP contribution in [-0.2, 0) is 6.54 Å². The lowest BCUT2D eigenvalue weighted by molar-refractivity contribution is 0.116. The molecule has 1 unspecified atom stereocenters. The molecule has 0 radical (unpaired) electrons. The number of aliphatic imine (C=N–C) groups is 1. The van der Waals surface area contributed by atoms with E-state index in [9.17, 15) is 0 Å². The Kier molecular flexibility index (Phi) is 9.41. The second kappa shape index (κ2) is 10.5. The summed E-state index contributed by atoms with van der Waals surface area (Å²) >= 11 is 1.82. The largest absolute Gasteiger partial charge is 0.357 e. The van der Waals surface area contributed by atoms with Gasteiger partial charge in [0.1, 0.15) is 0 Å². The fourth-order valence-corrected chi connectivity index (χ4v) is 3.42. The van der Waals surface area contributed by atoms with Gasteiger partial charge in [-0.25, -0.2) is 4.99 Å². The minimum Gasteiger partial charge on any atom is -0.357 e. The van der Waals surface area contributed by atoms with Gasteiger partial charge in [-0.2, -0.15) is 0 Å². The Morgan fingerprint density at radius 1 is 1.30 bits per heavy atom. The lowest BCUT2D eigenvalue weighted by Crippen LogP contribution is -2.55. The zero-order chi connectivity index (χ0) is 15.9. The van der Waals surface area contributed by atoms with Gasteiger partial charge < -0.3 is 15.5 Å². The smallest absolute Gasteiger partial charge is 0.191 e. The maximum atomic E-state index is 4.70. The molecule has 0 aliphatic carbocycles. The molecule has 0 spiro atoms. The number of guanidine groups is 1. The Morgan fingerprint density at radius 2 is 2.09 bits per heavy atom. The molecule has 0 saturated carbocycles. The molecule has 23 heavy (non-hydrogen) atoms. The number of nitrogens with one attached hydrogen (secondary N) is 2. The average molecular weight is 451 g/mol. The van der Waals surface area contributed by atoms with Gasteiger partial charge in [-0.05, 0) is 40.1 Å². The number of hydrogen-bond acceptors (Lipinski definition) is 4. The lowest BCUT2D eigenvalue weighted by Gasteiger charge is -2.37. The Labute approximate surface area is 161 Å². The quantitative estimate of drug-likeness (QED) is 0.408. The first kappa shape index (κ1) is 20.7. The van der Waals surface area contributed by atoms with E-state index in [4.69, 9.17) is 4.99 Å². The van der Waals surface area contributed by atoms with Gasteiger partial charge in [-0.3, -0.25) is 4.90 Å². The van der Waals surface area contributed by atoms with E-state index in [1.807, 2.05) is 11.3 Å². The van der Waals surface area contributed by atoms with E-state index in [0.717, 1.165) is 45.2 Å². The van der Waals surface area contributed by atoms with E-state index < -0.39 is 0 Å². The highest BCUT2D eigenvalue weighted by Crippen LogP contribution is 2.15. The van der Waals surface area contributed by atoms with Crippen molar-refractivity contribution in [2.75, 3.05) is 46.8 Å². The molecule has 2 rings (SSSR count). The normalized spacial score (nSPS) is 20.2. The van der Waals surface area contributed by atoms with Crippen LogP contribution in [-0.4, -0.2) is 68.6 Å². The molecule has 1 aromatic rings. The predicted octanol–water partition coefficient (Wildman–Crippen LogP) is 1.98. The van der Waals surface area contributed by atoms with Crippen LogP contribution in [0.25, 0.3) is 0 Å². The highest BCUT2D eigenvalue weighted by molar-refractivity contribution is 14.0. The van der Waals surface area contributed by atoms with Crippen molar-refractivity contribution < 1.29 is 0 Å². The minimum atomic E-state index is 0. The fourth-order valence-electron chi connectivity index (χ4n) is 2.61. The van der Waals surface area contributed by atoms with Crippen molar-refractivity contribution in [2.24, 2.45) is 4.99 Å². The second-order valence-corrected chi connectivity index (χ2v) is 7.36. The molecule has 1 fully saturated rings. The first-order valence-electron chi connectivity index (χ1n) is 8.04. The molecule has 0 amide bonds. The zero-order valence-corrected chi connectivity index (χ0v) is 17.8. The highest BCUT2D eigenvalue weighted by atomic mass is 127. The summed E-state index contributed by atoms with van der Waals surface area (Å²) in [6, 6.07) is 4.85. The van der Waals surface area contributed by atoms with Crippen molar-refractivity contribution in [2.45, 2.75) is 26.4 Å². The highest BCUT2D eigenvalue weighted by Gasteiger charge is 2.21. The monoisotopic (exact) mass is 451 g/mol. The third kappa shape index (κ3) is 6.94. The lowest BCUT2D eigenvalue weighted by atomic mass is 10.2. The first-order chi connectivity index (χ1) is 10.6. The van der Waals surface area contributed by atoms with Gasteiger partial charge in [0.15, 0.2) is 5.96 Å². The number of hydrogen-bond donors (Lipinski definition) is 2. The summed E-state index contributed by atoms with van der Waals surface area (Å²) in [4.78, 5) is 12.2. The number of aryl methyl sites for hydroxylation is 1. The number of thiophene rings is 1. The number of nitrogens with zero attached hydrogens (tertiary/aromatic N) is 3. The molecule has 1 aromatic heterocycles. The SMILES string of the molecule is CCNC(=NCc1ccc(C)s1)NCC1CN(C)CCN1C.I. The molecule has 1 atom stereocenters. The third-order valence-corrected chi connectivity index (χ3v) is 5.00. The Hall–Kier alpha value is -0.380. The van der Waals surface area contributed by atoms with Crippen molar-refractivity contribution in [3.8, 4) is 0 Å². The summed E-state index contributed by atoms with van der Waals surface area (Å²) in [5, 5.41) is 6.83. The van der Waals surface area contributed by atoms with Crippen LogP contribution in [0.1, 0.15) is 16.7 Å². The molecule has 5 nitrogen and oxygen atoms in total. The Bertz CT molecular complexity index is 491. The molecular weight excluding hydrogens is 421 g/mol. The van der Waals surface area contributed by atoms with Gasteiger partial charge in [0, 0.05) is 48.5 Å². The van der Waals surface area contributed by atoms with Crippen LogP contribution in [0, 0.1) is 6.92 Å². The molecule has 0 aromatic carbocycles. The average Bonchev–Trinajstić information content (AvgIpc) is 2.91. The summed E-state index contributed by atoms with van der Waals surface area (Å²) in [6.45, 7) is 10.2. The van der Waals surface area contributed by atoms with Gasteiger partial charge in [0.2, 0.25) is 0 Å². The molecule has 7 heteroatoms.